The van der Waals surface area contributed by atoms with Gasteiger partial charge in [-0.05, 0) is 18.2 Å². The van der Waals surface area contributed by atoms with Gasteiger partial charge in [-0.2, -0.15) is 0 Å². The van der Waals surface area contributed by atoms with Crippen LogP contribution in [0.2, 0.25) is 0 Å². The first-order valence-electron chi connectivity index (χ1n) is 6.36. The third-order valence-corrected chi connectivity index (χ3v) is 2.95. The number of benzene rings is 2. The zero-order valence-corrected chi connectivity index (χ0v) is 11.5. The number of carbonyl (C=O) groups excluding carboxylic acids is 1. The van der Waals surface area contributed by atoms with Crippen LogP contribution in [0, 0.1) is 5.82 Å². The maximum absolute atomic E-state index is 13.5. The highest BCUT2D eigenvalue weighted by Gasteiger charge is 2.16. The van der Waals surface area contributed by atoms with Crippen molar-refractivity contribution >= 4 is 5.97 Å². The predicted octanol–water partition coefficient (Wildman–Crippen LogP) is 2.72. The largest absolute Gasteiger partial charge is 0.490 e. The summed E-state index contributed by atoms with van der Waals surface area (Å²) < 4.78 is 23.6. The summed E-state index contributed by atoms with van der Waals surface area (Å²) in [5.74, 6) is -0.763. The molecule has 0 heterocycles. The van der Waals surface area contributed by atoms with Gasteiger partial charge < -0.3 is 14.6 Å². The Morgan fingerprint density at radius 1 is 1.19 bits per heavy atom. The Bertz CT molecular complexity index is 627. The zero-order chi connectivity index (χ0) is 15.2. The zero-order valence-electron chi connectivity index (χ0n) is 11.5. The van der Waals surface area contributed by atoms with Crippen molar-refractivity contribution < 1.29 is 23.8 Å². The van der Waals surface area contributed by atoms with Crippen LogP contribution in [-0.2, 0) is 4.74 Å². The van der Waals surface area contributed by atoms with E-state index in [0.29, 0.717) is 0 Å². The summed E-state index contributed by atoms with van der Waals surface area (Å²) in [6.45, 7) is -0.172. The SMILES string of the molecule is COC(=O)c1ccccc1OCC(O)c1ccccc1F. The molecule has 0 amide bonds. The first-order chi connectivity index (χ1) is 10.1. The van der Waals surface area contributed by atoms with Crippen molar-refractivity contribution in [3.8, 4) is 5.75 Å². The molecular formula is C16H15FO4. The van der Waals surface area contributed by atoms with Gasteiger partial charge in [0.25, 0.3) is 0 Å². The first-order valence-corrected chi connectivity index (χ1v) is 6.36. The molecule has 0 aromatic heterocycles. The Morgan fingerprint density at radius 3 is 2.57 bits per heavy atom. The number of methoxy groups -OCH3 is 1. The Morgan fingerprint density at radius 2 is 1.86 bits per heavy atom. The Balaban J connectivity index is 2.10. The van der Waals surface area contributed by atoms with E-state index >= 15 is 0 Å². The molecule has 0 aliphatic rings. The van der Waals surface area contributed by atoms with E-state index in [2.05, 4.69) is 4.74 Å². The molecule has 0 spiro atoms. The van der Waals surface area contributed by atoms with Crippen LogP contribution in [0.1, 0.15) is 22.0 Å². The van der Waals surface area contributed by atoms with Crippen LogP contribution in [0.3, 0.4) is 0 Å². The van der Waals surface area contributed by atoms with Crippen LogP contribution in [0.5, 0.6) is 5.75 Å². The second-order valence-corrected chi connectivity index (χ2v) is 4.34. The van der Waals surface area contributed by atoms with Crippen molar-refractivity contribution in [1.82, 2.24) is 0 Å². The van der Waals surface area contributed by atoms with Gasteiger partial charge in [-0.25, -0.2) is 9.18 Å². The van der Waals surface area contributed by atoms with E-state index < -0.39 is 17.9 Å². The van der Waals surface area contributed by atoms with Gasteiger partial charge in [0.15, 0.2) is 0 Å². The number of esters is 1. The van der Waals surface area contributed by atoms with Gasteiger partial charge >= 0.3 is 5.97 Å². The number of halogens is 1. The van der Waals surface area contributed by atoms with Crippen molar-refractivity contribution in [2.24, 2.45) is 0 Å². The van der Waals surface area contributed by atoms with Crippen LogP contribution in [0.4, 0.5) is 4.39 Å². The third-order valence-electron chi connectivity index (χ3n) is 2.95. The molecule has 0 radical (unpaired) electrons. The highest BCUT2D eigenvalue weighted by molar-refractivity contribution is 5.92. The van der Waals surface area contributed by atoms with E-state index in [1.807, 2.05) is 0 Å². The molecule has 0 saturated heterocycles. The summed E-state index contributed by atoms with van der Waals surface area (Å²) in [6.07, 6.45) is -1.13. The molecule has 1 N–H and O–H groups in total. The van der Waals surface area contributed by atoms with Gasteiger partial charge in [-0.15, -0.1) is 0 Å². The molecule has 110 valence electrons. The van der Waals surface area contributed by atoms with E-state index in [9.17, 15) is 14.3 Å². The highest BCUT2D eigenvalue weighted by Crippen LogP contribution is 2.22. The van der Waals surface area contributed by atoms with Gasteiger partial charge in [0.2, 0.25) is 0 Å². The maximum atomic E-state index is 13.5. The minimum atomic E-state index is -1.13. The predicted molar refractivity (Wildman–Crippen MR) is 74.6 cm³/mol. The lowest BCUT2D eigenvalue weighted by molar-refractivity contribution is 0.0588. The molecule has 2 aromatic carbocycles. The fraction of sp³-hybridized carbons (Fsp3) is 0.188. The fourth-order valence-corrected chi connectivity index (χ4v) is 1.87. The number of para-hydroxylation sites is 1. The van der Waals surface area contributed by atoms with Crippen LogP contribution in [-0.4, -0.2) is 24.8 Å². The van der Waals surface area contributed by atoms with Crippen LogP contribution >= 0.6 is 0 Å². The molecule has 0 aliphatic carbocycles. The molecule has 0 bridgehead atoms. The summed E-state index contributed by atoms with van der Waals surface area (Å²) in [4.78, 5) is 11.6. The topological polar surface area (TPSA) is 55.8 Å². The average molecular weight is 290 g/mol. The molecule has 21 heavy (non-hydrogen) atoms. The minimum Gasteiger partial charge on any atom is -0.490 e. The first kappa shape index (κ1) is 15.0. The number of aliphatic hydroxyl groups excluding tert-OH is 1. The molecule has 2 rings (SSSR count). The number of hydrogen-bond acceptors (Lipinski definition) is 4. The number of aliphatic hydroxyl groups is 1. The summed E-state index contributed by atoms with van der Waals surface area (Å²) >= 11 is 0. The Hall–Kier alpha value is -2.40. The van der Waals surface area contributed by atoms with Gasteiger partial charge in [0.1, 0.15) is 29.8 Å². The molecule has 0 saturated carbocycles. The van der Waals surface area contributed by atoms with Gasteiger partial charge in [0, 0.05) is 5.56 Å². The summed E-state index contributed by atoms with van der Waals surface area (Å²) in [7, 11) is 1.27. The standard InChI is InChI=1S/C16H15FO4/c1-20-16(19)12-7-3-5-9-15(12)21-10-14(18)11-6-2-4-8-13(11)17/h2-9,14,18H,10H2,1H3. The third kappa shape index (κ3) is 3.58. The van der Waals surface area contributed by atoms with Crippen LogP contribution in [0.15, 0.2) is 48.5 Å². The molecule has 1 unspecified atom stereocenters. The second-order valence-electron chi connectivity index (χ2n) is 4.34. The Kier molecular flexibility index (Phi) is 4.90. The van der Waals surface area contributed by atoms with Crippen LogP contribution < -0.4 is 4.74 Å². The number of ether oxygens (including phenoxy) is 2. The van der Waals surface area contributed by atoms with E-state index in [-0.39, 0.29) is 23.5 Å². The summed E-state index contributed by atoms with van der Waals surface area (Å²) in [5.41, 5.74) is 0.397. The lowest BCUT2D eigenvalue weighted by Crippen LogP contribution is -2.13. The highest BCUT2D eigenvalue weighted by atomic mass is 19.1. The van der Waals surface area contributed by atoms with Crippen molar-refractivity contribution in [2.45, 2.75) is 6.10 Å². The molecule has 0 aliphatic heterocycles. The van der Waals surface area contributed by atoms with E-state index in [1.165, 1.54) is 19.2 Å². The van der Waals surface area contributed by atoms with Crippen molar-refractivity contribution in [3.05, 3.63) is 65.5 Å². The summed E-state index contributed by atoms with van der Waals surface area (Å²) in [5, 5.41) is 9.97. The number of carbonyl (C=O) groups is 1. The summed E-state index contributed by atoms with van der Waals surface area (Å²) in [6, 6.07) is 12.4. The van der Waals surface area contributed by atoms with Crippen molar-refractivity contribution in [1.29, 1.82) is 0 Å². The monoisotopic (exact) mass is 290 g/mol. The van der Waals surface area contributed by atoms with Crippen molar-refractivity contribution in [3.63, 3.8) is 0 Å². The molecule has 2 aromatic rings. The van der Waals surface area contributed by atoms with Gasteiger partial charge in [-0.1, -0.05) is 30.3 Å². The molecule has 5 heteroatoms. The molecule has 1 atom stereocenters. The quantitative estimate of drug-likeness (QED) is 0.860. The molecule has 0 fully saturated rings. The average Bonchev–Trinajstić information content (AvgIpc) is 2.52. The number of hydrogen-bond donors (Lipinski definition) is 1. The van der Waals surface area contributed by atoms with E-state index in [4.69, 9.17) is 4.74 Å². The molecule has 4 nitrogen and oxygen atoms in total. The smallest absolute Gasteiger partial charge is 0.341 e. The van der Waals surface area contributed by atoms with Crippen molar-refractivity contribution in [2.75, 3.05) is 13.7 Å². The Labute approximate surface area is 121 Å². The normalized spacial score (nSPS) is 11.8. The fourth-order valence-electron chi connectivity index (χ4n) is 1.87. The minimum absolute atomic E-state index is 0.146. The second kappa shape index (κ2) is 6.85. The van der Waals surface area contributed by atoms with E-state index in [0.717, 1.165) is 0 Å². The van der Waals surface area contributed by atoms with E-state index in [1.54, 1.807) is 36.4 Å². The molecular weight excluding hydrogens is 275 g/mol. The number of rotatable bonds is 5. The van der Waals surface area contributed by atoms with Gasteiger partial charge in [0.05, 0.1) is 7.11 Å². The lowest BCUT2D eigenvalue weighted by Gasteiger charge is -2.15. The van der Waals surface area contributed by atoms with Gasteiger partial charge in [-0.3, -0.25) is 0 Å². The van der Waals surface area contributed by atoms with Crippen LogP contribution in [0.25, 0.3) is 0 Å². The maximum Gasteiger partial charge on any atom is 0.341 e. The lowest BCUT2D eigenvalue weighted by atomic mass is 10.1.